The van der Waals surface area contributed by atoms with Crippen molar-refractivity contribution in [3.05, 3.63) is 28.3 Å². The summed E-state index contributed by atoms with van der Waals surface area (Å²) in [5.41, 5.74) is 0.905. The van der Waals surface area contributed by atoms with Crippen LogP contribution in [0.5, 0.6) is 5.75 Å². The molecular weight excluding hydrogens is 270 g/mol. The van der Waals surface area contributed by atoms with Crippen LogP contribution in [0.4, 0.5) is 11.4 Å². The van der Waals surface area contributed by atoms with E-state index in [-0.39, 0.29) is 5.69 Å². The zero-order valence-corrected chi connectivity index (χ0v) is 12.7. The quantitative estimate of drug-likeness (QED) is 0.645. The van der Waals surface area contributed by atoms with E-state index in [0.29, 0.717) is 18.4 Å². The molecule has 1 aliphatic heterocycles. The van der Waals surface area contributed by atoms with Crippen molar-refractivity contribution in [1.29, 1.82) is 0 Å². The van der Waals surface area contributed by atoms with Crippen LogP contribution in [-0.2, 0) is 0 Å². The Morgan fingerprint density at radius 1 is 1.38 bits per heavy atom. The lowest BCUT2D eigenvalue weighted by atomic mass is 10.0. The van der Waals surface area contributed by atoms with Gasteiger partial charge in [0.25, 0.3) is 0 Å². The van der Waals surface area contributed by atoms with E-state index in [1.54, 1.807) is 12.1 Å². The minimum absolute atomic E-state index is 0.0169. The van der Waals surface area contributed by atoms with Gasteiger partial charge in [0.05, 0.1) is 11.5 Å². The molecule has 0 unspecified atom stereocenters. The number of nitrogens with zero attached hydrogens (tertiary/aromatic N) is 2. The maximum absolute atomic E-state index is 11.0. The molecule has 21 heavy (non-hydrogen) atoms. The molecule has 6 nitrogen and oxygen atoms in total. The molecular formula is C15H23N3O3. The van der Waals surface area contributed by atoms with Gasteiger partial charge in [0.15, 0.2) is 5.75 Å². The third-order valence-electron chi connectivity index (χ3n) is 3.86. The van der Waals surface area contributed by atoms with Gasteiger partial charge >= 0.3 is 5.69 Å². The van der Waals surface area contributed by atoms with Crippen LogP contribution in [0.3, 0.4) is 0 Å². The number of nitro benzene ring substituents is 1. The molecule has 0 amide bonds. The molecule has 0 bridgehead atoms. The zero-order chi connectivity index (χ0) is 15.2. The van der Waals surface area contributed by atoms with Crippen LogP contribution in [0.1, 0.15) is 26.7 Å². The van der Waals surface area contributed by atoms with Crippen LogP contribution in [0.15, 0.2) is 18.2 Å². The summed E-state index contributed by atoms with van der Waals surface area (Å²) in [5, 5.41) is 14.4. The first-order valence-electron chi connectivity index (χ1n) is 7.54. The molecule has 0 radical (unpaired) electrons. The second kappa shape index (κ2) is 7.26. The third kappa shape index (κ3) is 4.07. The van der Waals surface area contributed by atoms with Crippen molar-refractivity contribution in [1.82, 2.24) is 4.90 Å². The molecule has 6 heteroatoms. The van der Waals surface area contributed by atoms with Crippen LogP contribution < -0.4 is 10.1 Å². The molecule has 1 heterocycles. The SMILES string of the molecule is CCOc1cc(NC2CCN(CC)CC2)ccc1[N+](=O)[O-]. The maximum atomic E-state index is 11.0. The molecule has 0 atom stereocenters. The van der Waals surface area contributed by atoms with Gasteiger partial charge in [0.1, 0.15) is 0 Å². The van der Waals surface area contributed by atoms with Crippen molar-refractivity contribution in [2.24, 2.45) is 0 Å². The van der Waals surface area contributed by atoms with E-state index < -0.39 is 4.92 Å². The highest BCUT2D eigenvalue weighted by molar-refractivity contribution is 5.58. The van der Waals surface area contributed by atoms with Crippen molar-refractivity contribution < 1.29 is 9.66 Å². The van der Waals surface area contributed by atoms with E-state index in [4.69, 9.17) is 4.74 Å². The van der Waals surface area contributed by atoms with Crippen molar-refractivity contribution in [2.45, 2.75) is 32.7 Å². The van der Waals surface area contributed by atoms with Crippen LogP contribution >= 0.6 is 0 Å². The minimum Gasteiger partial charge on any atom is -0.487 e. The molecule has 1 aromatic carbocycles. The Morgan fingerprint density at radius 3 is 2.67 bits per heavy atom. The van der Waals surface area contributed by atoms with Crippen LogP contribution in [0.2, 0.25) is 0 Å². The van der Waals surface area contributed by atoms with Gasteiger partial charge in [-0.15, -0.1) is 0 Å². The summed E-state index contributed by atoms with van der Waals surface area (Å²) in [6, 6.07) is 5.42. The number of nitrogens with one attached hydrogen (secondary N) is 1. The van der Waals surface area contributed by atoms with E-state index >= 15 is 0 Å². The van der Waals surface area contributed by atoms with Crippen molar-refractivity contribution >= 4 is 11.4 Å². The summed E-state index contributed by atoms with van der Waals surface area (Å²) in [5.74, 6) is 0.332. The third-order valence-corrected chi connectivity index (χ3v) is 3.86. The summed E-state index contributed by atoms with van der Waals surface area (Å²) < 4.78 is 5.37. The predicted molar refractivity (Wildman–Crippen MR) is 83.0 cm³/mol. The maximum Gasteiger partial charge on any atom is 0.311 e. The highest BCUT2D eigenvalue weighted by Crippen LogP contribution is 2.31. The summed E-state index contributed by atoms with van der Waals surface area (Å²) in [4.78, 5) is 13.0. The summed E-state index contributed by atoms with van der Waals surface area (Å²) in [6.07, 6.45) is 2.18. The fraction of sp³-hybridized carbons (Fsp3) is 0.600. The lowest BCUT2D eigenvalue weighted by Crippen LogP contribution is -2.38. The first kappa shape index (κ1) is 15.6. The number of rotatable bonds is 6. The van der Waals surface area contributed by atoms with Gasteiger partial charge in [-0.05, 0) is 32.4 Å². The number of hydrogen-bond donors (Lipinski definition) is 1. The molecule has 1 aromatic rings. The van der Waals surface area contributed by atoms with Gasteiger partial charge in [0, 0.05) is 37.0 Å². The lowest BCUT2D eigenvalue weighted by molar-refractivity contribution is -0.385. The lowest BCUT2D eigenvalue weighted by Gasteiger charge is -2.32. The monoisotopic (exact) mass is 293 g/mol. The van der Waals surface area contributed by atoms with Crippen molar-refractivity contribution in [3.63, 3.8) is 0 Å². The summed E-state index contributed by atoms with van der Waals surface area (Å²) in [6.45, 7) is 7.71. The number of piperidine rings is 1. The Balaban J connectivity index is 2.03. The highest BCUT2D eigenvalue weighted by atomic mass is 16.6. The normalized spacial score (nSPS) is 16.7. The molecule has 1 aliphatic rings. The molecule has 1 saturated heterocycles. The largest absolute Gasteiger partial charge is 0.487 e. The predicted octanol–water partition coefficient (Wildman–Crippen LogP) is 2.89. The molecule has 0 aliphatic carbocycles. The first-order chi connectivity index (χ1) is 10.1. The standard InChI is InChI=1S/C15H23N3O3/c1-3-17-9-7-12(8-10-17)16-13-5-6-14(18(19)20)15(11-13)21-4-2/h5-6,11-12,16H,3-4,7-10H2,1-2H3. The molecule has 2 rings (SSSR count). The summed E-state index contributed by atoms with van der Waals surface area (Å²) >= 11 is 0. The molecule has 0 saturated carbocycles. The number of benzene rings is 1. The van der Waals surface area contributed by atoms with Crippen molar-refractivity contribution in [3.8, 4) is 5.75 Å². The van der Waals surface area contributed by atoms with E-state index in [1.165, 1.54) is 6.07 Å². The Labute approximate surface area is 125 Å². The van der Waals surface area contributed by atoms with Crippen molar-refractivity contribution in [2.75, 3.05) is 31.6 Å². The van der Waals surface area contributed by atoms with Crippen LogP contribution in [-0.4, -0.2) is 42.1 Å². The fourth-order valence-corrected chi connectivity index (χ4v) is 2.66. The zero-order valence-electron chi connectivity index (χ0n) is 12.7. The van der Waals surface area contributed by atoms with Gasteiger partial charge in [-0.25, -0.2) is 0 Å². The number of ether oxygens (including phenoxy) is 1. The molecule has 0 spiro atoms. The molecule has 0 aromatic heterocycles. The average Bonchev–Trinajstić information content (AvgIpc) is 2.48. The van der Waals surface area contributed by atoms with Crippen LogP contribution in [0.25, 0.3) is 0 Å². The number of likely N-dealkylation sites (tertiary alicyclic amines) is 1. The molecule has 116 valence electrons. The Morgan fingerprint density at radius 2 is 2.10 bits per heavy atom. The van der Waals surface area contributed by atoms with Gasteiger partial charge in [0.2, 0.25) is 0 Å². The average molecular weight is 293 g/mol. The Hall–Kier alpha value is -1.82. The second-order valence-corrected chi connectivity index (χ2v) is 5.23. The minimum atomic E-state index is -0.408. The fourth-order valence-electron chi connectivity index (χ4n) is 2.66. The van der Waals surface area contributed by atoms with Gasteiger partial charge in [-0.1, -0.05) is 6.92 Å². The van der Waals surface area contributed by atoms with E-state index in [0.717, 1.165) is 38.2 Å². The molecule has 1 N–H and O–H groups in total. The van der Waals surface area contributed by atoms with E-state index in [9.17, 15) is 10.1 Å². The highest BCUT2D eigenvalue weighted by Gasteiger charge is 2.20. The number of hydrogen-bond acceptors (Lipinski definition) is 5. The summed E-state index contributed by atoms with van der Waals surface area (Å²) in [7, 11) is 0. The smallest absolute Gasteiger partial charge is 0.311 e. The van der Waals surface area contributed by atoms with E-state index in [1.807, 2.05) is 6.92 Å². The topological polar surface area (TPSA) is 67.6 Å². The second-order valence-electron chi connectivity index (χ2n) is 5.23. The Kier molecular flexibility index (Phi) is 5.38. The van der Waals surface area contributed by atoms with Gasteiger partial charge in [-0.2, -0.15) is 0 Å². The van der Waals surface area contributed by atoms with E-state index in [2.05, 4.69) is 17.1 Å². The first-order valence-corrected chi connectivity index (χ1v) is 7.54. The van der Waals surface area contributed by atoms with Gasteiger partial charge < -0.3 is 15.0 Å². The Bertz CT molecular complexity index is 485. The van der Waals surface area contributed by atoms with Gasteiger partial charge in [-0.3, -0.25) is 10.1 Å². The number of anilines is 1. The molecule has 1 fully saturated rings. The van der Waals surface area contributed by atoms with Crippen LogP contribution in [0, 0.1) is 10.1 Å². The number of nitro groups is 1.